The minimum absolute atomic E-state index is 0.248. The third-order valence-corrected chi connectivity index (χ3v) is 16.5. The third-order valence-electron chi connectivity index (χ3n) is 15.2. The van der Waals surface area contributed by atoms with Crippen LogP contribution in [0.5, 0.6) is 0 Å². The zero-order valence-corrected chi connectivity index (χ0v) is 28.7. The predicted octanol–water partition coefficient (Wildman–Crippen LogP) is 7.11. The highest BCUT2D eigenvalue weighted by Crippen LogP contribution is 2.70. The van der Waals surface area contributed by atoms with Crippen LogP contribution in [0, 0.1) is 52.3 Å². The first-order valence-electron chi connectivity index (χ1n) is 18.5. The van der Waals surface area contributed by atoms with Crippen molar-refractivity contribution >= 4 is 10.8 Å². The SMILES string of the molecule is CC1CC=C(C2=CCC3(C)C(CCC4(C)C5CCC6(NCC(O)CN7CCS(=O)CC7)CCC[C@@H]6C5CCC34)C2C)CC1. The Morgan fingerprint density at radius 3 is 2.51 bits per heavy atom. The summed E-state index contributed by atoms with van der Waals surface area (Å²) in [4.78, 5) is 2.32. The fourth-order valence-electron chi connectivity index (χ4n) is 13.0. The van der Waals surface area contributed by atoms with Gasteiger partial charge in [0.1, 0.15) is 0 Å². The Kier molecular flexibility index (Phi) is 8.65. The maximum absolute atomic E-state index is 11.8. The Labute approximate surface area is 265 Å². The summed E-state index contributed by atoms with van der Waals surface area (Å²) in [5.41, 5.74) is 4.64. The number of hydrogen-bond donors (Lipinski definition) is 2. The Morgan fingerprint density at radius 2 is 1.74 bits per heavy atom. The van der Waals surface area contributed by atoms with Gasteiger partial charge in [-0.25, -0.2) is 0 Å². The molecule has 5 fully saturated rings. The van der Waals surface area contributed by atoms with E-state index in [2.05, 4.69) is 50.1 Å². The van der Waals surface area contributed by atoms with E-state index in [9.17, 15) is 9.32 Å². The maximum Gasteiger partial charge on any atom is 0.0791 e. The van der Waals surface area contributed by atoms with Crippen LogP contribution < -0.4 is 5.32 Å². The van der Waals surface area contributed by atoms with E-state index in [1.54, 1.807) is 11.1 Å². The molecule has 5 heteroatoms. The highest BCUT2D eigenvalue weighted by Gasteiger charge is 2.64. The van der Waals surface area contributed by atoms with Crippen LogP contribution in [-0.4, -0.2) is 63.5 Å². The molecule has 0 aromatic carbocycles. The van der Waals surface area contributed by atoms with E-state index in [-0.39, 0.29) is 11.6 Å². The summed E-state index contributed by atoms with van der Waals surface area (Å²) >= 11 is 0. The van der Waals surface area contributed by atoms with Crippen LogP contribution in [0.1, 0.15) is 111 Å². The molecule has 4 saturated carbocycles. The molecule has 0 spiro atoms. The van der Waals surface area contributed by atoms with E-state index in [1.165, 1.54) is 83.5 Å². The largest absolute Gasteiger partial charge is 0.390 e. The van der Waals surface area contributed by atoms with Gasteiger partial charge in [0.05, 0.1) is 6.10 Å². The maximum atomic E-state index is 11.8. The Morgan fingerprint density at radius 1 is 0.953 bits per heavy atom. The van der Waals surface area contributed by atoms with Crippen molar-refractivity contribution in [2.75, 3.05) is 37.7 Å². The fourth-order valence-corrected chi connectivity index (χ4v) is 14.1. The van der Waals surface area contributed by atoms with Gasteiger partial charge in [-0.2, -0.15) is 0 Å². The first-order valence-corrected chi connectivity index (χ1v) is 20.0. The number of fused-ring (bicyclic) bond motifs is 7. The summed E-state index contributed by atoms with van der Waals surface area (Å²) in [6.45, 7) is 13.7. The van der Waals surface area contributed by atoms with Gasteiger partial charge in [0, 0.05) is 54.0 Å². The number of β-amino-alcohol motifs (C(OH)–C–C–N with tert-alkyl or cyclic N) is 1. The minimum Gasteiger partial charge on any atom is -0.390 e. The average molecular weight is 611 g/mol. The van der Waals surface area contributed by atoms with E-state index in [4.69, 9.17) is 0 Å². The van der Waals surface area contributed by atoms with Gasteiger partial charge in [0.15, 0.2) is 0 Å². The Balaban J connectivity index is 1.04. The minimum atomic E-state index is -0.654. The predicted molar refractivity (Wildman–Crippen MR) is 179 cm³/mol. The Hall–Kier alpha value is -0.490. The van der Waals surface area contributed by atoms with Gasteiger partial charge >= 0.3 is 0 Å². The molecular weight excluding hydrogens is 548 g/mol. The monoisotopic (exact) mass is 610 g/mol. The number of allylic oxidation sites excluding steroid dienone is 4. The second kappa shape index (κ2) is 11.9. The van der Waals surface area contributed by atoms with Crippen LogP contribution in [0.2, 0.25) is 0 Å². The topological polar surface area (TPSA) is 52.6 Å². The molecule has 10 unspecified atom stereocenters. The van der Waals surface area contributed by atoms with Crippen molar-refractivity contribution in [3.63, 3.8) is 0 Å². The fraction of sp³-hybridized carbons (Fsp3) is 0.895. The van der Waals surface area contributed by atoms with Gasteiger partial charge < -0.3 is 10.4 Å². The lowest BCUT2D eigenvalue weighted by atomic mass is 9.38. The smallest absolute Gasteiger partial charge is 0.0791 e. The highest BCUT2D eigenvalue weighted by atomic mass is 32.2. The van der Waals surface area contributed by atoms with E-state index in [1.807, 2.05) is 0 Å². The van der Waals surface area contributed by atoms with Crippen LogP contribution in [0.3, 0.4) is 0 Å². The molecule has 0 aromatic rings. The molecule has 11 atom stereocenters. The van der Waals surface area contributed by atoms with Gasteiger partial charge in [-0.05, 0) is 140 Å². The molecule has 43 heavy (non-hydrogen) atoms. The summed E-state index contributed by atoms with van der Waals surface area (Å²) in [7, 11) is -0.654. The van der Waals surface area contributed by atoms with E-state index in [0.717, 1.165) is 79.1 Å². The van der Waals surface area contributed by atoms with Crippen molar-refractivity contribution in [1.29, 1.82) is 0 Å². The zero-order valence-electron chi connectivity index (χ0n) is 27.9. The normalized spacial score (nSPS) is 47.9. The van der Waals surface area contributed by atoms with Crippen molar-refractivity contribution < 1.29 is 9.32 Å². The van der Waals surface area contributed by atoms with Gasteiger partial charge in [-0.3, -0.25) is 9.11 Å². The lowest BCUT2D eigenvalue weighted by molar-refractivity contribution is -0.166. The quantitative estimate of drug-likeness (QED) is 0.337. The van der Waals surface area contributed by atoms with Crippen molar-refractivity contribution in [2.24, 2.45) is 52.3 Å². The molecule has 0 amide bonds. The van der Waals surface area contributed by atoms with Crippen LogP contribution in [0.15, 0.2) is 23.3 Å². The van der Waals surface area contributed by atoms with Gasteiger partial charge in [-0.1, -0.05) is 46.3 Å². The van der Waals surface area contributed by atoms with Crippen molar-refractivity contribution in [3.8, 4) is 0 Å². The van der Waals surface area contributed by atoms with Crippen molar-refractivity contribution in [1.82, 2.24) is 10.2 Å². The van der Waals surface area contributed by atoms with Crippen molar-refractivity contribution in [2.45, 2.75) is 123 Å². The first kappa shape index (κ1) is 31.1. The summed E-state index contributed by atoms with van der Waals surface area (Å²) in [6, 6.07) is 0. The third kappa shape index (κ3) is 5.40. The summed E-state index contributed by atoms with van der Waals surface area (Å²) in [5.74, 6) is 7.36. The zero-order chi connectivity index (χ0) is 30.0. The lowest BCUT2D eigenvalue weighted by Gasteiger charge is -2.67. The van der Waals surface area contributed by atoms with Gasteiger partial charge in [0.25, 0.3) is 0 Å². The molecular formula is C38H62N2O2S. The molecule has 1 aliphatic heterocycles. The molecule has 4 nitrogen and oxygen atoms in total. The standard InChI is InChI=1S/C38H62N2O2S/c1-26-7-9-28(10-8-26)30-13-17-36(3)32(27(30)2)14-18-37(4)33-15-19-38(16-5-6-34(38)31(33)11-12-35(36)37)39-24-29(41)25-40-20-22-43(42)23-21-40/h9,13,26-27,29,31-35,39,41H,5-8,10-12,14-25H2,1-4H3/t26?,27?,29?,31?,32?,33?,34-,35?,36?,37?,38?/m1/s1. The molecule has 0 aromatic heterocycles. The summed E-state index contributed by atoms with van der Waals surface area (Å²) < 4.78 is 11.8. The van der Waals surface area contributed by atoms with Crippen molar-refractivity contribution in [3.05, 3.63) is 23.3 Å². The number of aliphatic hydroxyl groups excluding tert-OH is 1. The Bertz CT molecular complexity index is 1120. The van der Waals surface area contributed by atoms with Gasteiger partial charge in [0.2, 0.25) is 0 Å². The summed E-state index contributed by atoms with van der Waals surface area (Å²) in [5, 5.41) is 15.1. The summed E-state index contributed by atoms with van der Waals surface area (Å²) in [6.07, 6.45) is 22.8. The number of nitrogens with zero attached hydrogens (tertiary/aromatic N) is 1. The van der Waals surface area contributed by atoms with Crippen LogP contribution in [0.4, 0.5) is 0 Å². The van der Waals surface area contributed by atoms with E-state index >= 15 is 0 Å². The number of hydrogen-bond acceptors (Lipinski definition) is 4. The number of rotatable bonds is 6. The second-order valence-corrected chi connectivity index (χ2v) is 18.9. The highest BCUT2D eigenvalue weighted by molar-refractivity contribution is 7.85. The molecule has 6 aliphatic carbocycles. The average Bonchev–Trinajstić information content (AvgIpc) is 3.43. The van der Waals surface area contributed by atoms with E-state index in [0.29, 0.717) is 10.8 Å². The number of aliphatic hydroxyl groups is 1. The van der Waals surface area contributed by atoms with Crippen LogP contribution in [0.25, 0.3) is 0 Å². The first-order chi connectivity index (χ1) is 20.6. The molecule has 0 bridgehead atoms. The molecule has 1 heterocycles. The van der Waals surface area contributed by atoms with Crippen LogP contribution >= 0.6 is 0 Å². The van der Waals surface area contributed by atoms with Crippen LogP contribution in [-0.2, 0) is 10.8 Å². The lowest BCUT2D eigenvalue weighted by Crippen LogP contribution is -2.63. The molecule has 1 saturated heterocycles. The molecule has 242 valence electrons. The second-order valence-electron chi connectivity index (χ2n) is 17.2. The molecule has 7 rings (SSSR count). The molecule has 7 aliphatic rings. The van der Waals surface area contributed by atoms with E-state index < -0.39 is 10.8 Å². The van der Waals surface area contributed by atoms with Gasteiger partial charge in [-0.15, -0.1) is 0 Å². The molecule has 0 radical (unpaired) electrons. The molecule has 2 N–H and O–H groups in total. The number of nitrogens with one attached hydrogen (secondary N) is 1.